The maximum Gasteiger partial charge on any atom is 0.326 e. The second-order valence-electron chi connectivity index (χ2n) is 4.12. The maximum atomic E-state index is 12.2. The summed E-state index contributed by atoms with van der Waals surface area (Å²) in [6, 6.07) is 6.49. The molecule has 0 unspecified atom stereocenters. The third kappa shape index (κ3) is 3.11. The lowest BCUT2D eigenvalue weighted by Crippen LogP contribution is -2.41. The van der Waals surface area contributed by atoms with E-state index in [1.165, 1.54) is 6.92 Å². The standard InChI is InChI=1S/C13H10BrNO3S2/c1-7(12(17)18)15-11(16)10(20-13(15)19)6-8-2-4-9(14)5-3-8/h2-7H,1H3,(H,17,18)/b10-6+/t7-/m0/s1. The van der Waals surface area contributed by atoms with E-state index in [9.17, 15) is 9.59 Å². The monoisotopic (exact) mass is 371 g/mol. The van der Waals surface area contributed by atoms with Crippen molar-refractivity contribution in [3.8, 4) is 0 Å². The molecule has 4 nitrogen and oxygen atoms in total. The SMILES string of the molecule is C[C@@H](C(=O)O)N1C(=O)/C(=C\c2ccc(Br)cc2)SC1=S. The van der Waals surface area contributed by atoms with Crippen molar-refractivity contribution in [3.63, 3.8) is 0 Å². The third-order valence-corrected chi connectivity index (χ3v) is 4.60. The molecule has 1 aliphatic rings. The van der Waals surface area contributed by atoms with Gasteiger partial charge in [-0.2, -0.15) is 0 Å². The zero-order chi connectivity index (χ0) is 14.9. The van der Waals surface area contributed by atoms with Gasteiger partial charge in [-0.15, -0.1) is 0 Å². The molecule has 1 heterocycles. The second-order valence-corrected chi connectivity index (χ2v) is 6.71. The number of carboxylic acid groups (broad SMARTS) is 1. The van der Waals surface area contributed by atoms with Gasteiger partial charge in [-0.1, -0.05) is 52.0 Å². The van der Waals surface area contributed by atoms with E-state index in [0.717, 1.165) is 26.7 Å². The fourth-order valence-electron chi connectivity index (χ4n) is 1.63. The molecule has 20 heavy (non-hydrogen) atoms. The first-order valence-corrected chi connectivity index (χ1v) is 7.67. The van der Waals surface area contributed by atoms with Crippen LogP contribution in [0.3, 0.4) is 0 Å². The molecule has 1 fully saturated rings. The fourth-order valence-corrected chi connectivity index (χ4v) is 3.32. The number of nitrogens with zero attached hydrogens (tertiary/aromatic N) is 1. The Labute approximate surface area is 134 Å². The van der Waals surface area contributed by atoms with Crippen LogP contribution in [0.4, 0.5) is 0 Å². The number of thiocarbonyl (C=S) groups is 1. The van der Waals surface area contributed by atoms with E-state index in [0.29, 0.717) is 4.91 Å². The van der Waals surface area contributed by atoms with Crippen molar-refractivity contribution in [3.05, 3.63) is 39.2 Å². The van der Waals surface area contributed by atoms with E-state index in [2.05, 4.69) is 15.9 Å². The Balaban J connectivity index is 2.28. The molecule has 1 atom stereocenters. The first-order chi connectivity index (χ1) is 9.40. The summed E-state index contributed by atoms with van der Waals surface area (Å²) in [7, 11) is 0. The number of aliphatic carboxylic acids is 1. The molecule has 1 aromatic carbocycles. The summed E-state index contributed by atoms with van der Waals surface area (Å²) in [5.41, 5.74) is 0.858. The van der Waals surface area contributed by atoms with Gasteiger partial charge in [0.25, 0.3) is 5.91 Å². The molecule has 1 aliphatic heterocycles. The van der Waals surface area contributed by atoms with Gasteiger partial charge < -0.3 is 5.11 Å². The minimum atomic E-state index is -1.08. The average molecular weight is 372 g/mol. The number of amides is 1. The minimum Gasteiger partial charge on any atom is -0.480 e. The smallest absolute Gasteiger partial charge is 0.326 e. The van der Waals surface area contributed by atoms with Gasteiger partial charge in [0.1, 0.15) is 10.4 Å². The predicted molar refractivity (Wildman–Crippen MR) is 86.3 cm³/mol. The number of carbonyl (C=O) groups is 2. The van der Waals surface area contributed by atoms with Crippen LogP contribution in [0.15, 0.2) is 33.6 Å². The Hall–Kier alpha value is -1.18. The molecule has 2 rings (SSSR count). The van der Waals surface area contributed by atoms with Gasteiger partial charge in [-0.3, -0.25) is 9.69 Å². The van der Waals surface area contributed by atoms with Crippen LogP contribution in [-0.4, -0.2) is 32.2 Å². The molecular weight excluding hydrogens is 362 g/mol. The Morgan fingerprint density at radius 1 is 1.45 bits per heavy atom. The van der Waals surface area contributed by atoms with Crippen molar-refractivity contribution in [2.75, 3.05) is 0 Å². The van der Waals surface area contributed by atoms with Crippen LogP contribution in [0, 0.1) is 0 Å². The molecule has 104 valence electrons. The highest BCUT2D eigenvalue weighted by Crippen LogP contribution is 2.34. The average Bonchev–Trinajstić information content (AvgIpc) is 2.66. The molecule has 0 radical (unpaired) electrons. The van der Waals surface area contributed by atoms with Crippen LogP contribution in [0.1, 0.15) is 12.5 Å². The lowest BCUT2D eigenvalue weighted by atomic mass is 10.2. The molecule has 7 heteroatoms. The maximum absolute atomic E-state index is 12.2. The van der Waals surface area contributed by atoms with Crippen molar-refractivity contribution in [2.24, 2.45) is 0 Å². The van der Waals surface area contributed by atoms with E-state index in [1.54, 1.807) is 6.08 Å². The zero-order valence-corrected chi connectivity index (χ0v) is 13.6. The zero-order valence-electron chi connectivity index (χ0n) is 10.4. The summed E-state index contributed by atoms with van der Waals surface area (Å²) in [5, 5.41) is 9.00. The number of benzene rings is 1. The van der Waals surface area contributed by atoms with Crippen LogP contribution < -0.4 is 0 Å². The third-order valence-electron chi connectivity index (χ3n) is 2.74. The number of rotatable bonds is 3. The summed E-state index contributed by atoms with van der Waals surface area (Å²) in [5.74, 6) is -1.44. The van der Waals surface area contributed by atoms with Gasteiger partial charge in [0.05, 0.1) is 4.91 Å². The highest BCUT2D eigenvalue weighted by Gasteiger charge is 2.38. The lowest BCUT2D eigenvalue weighted by Gasteiger charge is -2.18. The first-order valence-electron chi connectivity index (χ1n) is 5.65. The van der Waals surface area contributed by atoms with E-state index in [1.807, 2.05) is 24.3 Å². The van der Waals surface area contributed by atoms with Crippen molar-refractivity contribution in [2.45, 2.75) is 13.0 Å². The van der Waals surface area contributed by atoms with Crippen molar-refractivity contribution >= 4 is 62.2 Å². The van der Waals surface area contributed by atoms with Gasteiger partial charge in [0, 0.05) is 4.47 Å². The summed E-state index contributed by atoms with van der Waals surface area (Å²) in [6.45, 7) is 1.44. The van der Waals surface area contributed by atoms with Gasteiger partial charge in [0.2, 0.25) is 0 Å². The van der Waals surface area contributed by atoms with Crippen LogP contribution in [0.25, 0.3) is 6.08 Å². The van der Waals surface area contributed by atoms with Crippen LogP contribution in [0.2, 0.25) is 0 Å². The van der Waals surface area contributed by atoms with E-state index in [4.69, 9.17) is 17.3 Å². The number of hydrogen-bond acceptors (Lipinski definition) is 4. The van der Waals surface area contributed by atoms with Gasteiger partial charge in [0.15, 0.2) is 0 Å². The highest BCUT2D eigenvalue weighted by molar-refractivity contribution is 9.10. The normalized spacial score (nSPS) is 18.7. The first kappa shape index (κ1) is 15.2. The largest absolute Gasteiger partial charge is 0.480 e. The molecular formula is C13H10BrNO3S2. The molecule has 1 aromatic rings. The van der Waals surface area contributed by atoms with Gasteiger partial charge >= 0.3 is 5.97 Å². The summed E-state index contributed by atoms with van der Waals surface area (Å²) in [4.78, 5) is 24.8. The minimum absolute atomic E-state index is 0.272. The lowest BCUT2D eigenvalue weighted by molar-refractivity contribution is -0.144. The van der Waals surface area contributed by atoms with Crippen molar-refractivity contribution in [1.82, 2.24) is 4.90 Å². The number of hydrogen-bond donors (Lipinski definition) is 1. The second kappa shape index (κ2) is 6.07. The van der Waals surface area contributed by atoms with Crippen LogP contribution in [-0.2, 0) is 9.59 Å². The number of thioether (sulfide) groups is 1. The Kier molecular flexibility index (Phi) is 4.62. The van der Waals surface area contributed by atoms with Crippen LogP contribution in [0.5, 0.6) is 0 Å². The topological polar surface area (TPSA) is 57.6 Å². The fraction of sp³-hybridized carbons (Fsp3) is 0.154. The predicted octanol–water partition coefficient (Wildman–Crippen LogP) is 3.12. The summed E-state index contributed by atoms with van der Waals surface area (Å²) in [6.07, 6.45) is 1.71. The molecule has 0 saturated carbocycles. The molecule has 1 N–H and O–H groups in total. The molecule has 0 aliphatic carbocycles. The Morgan fingerprint density at radius 2 is 2.05 bits per heavy atom. The van der Waals surface area contributed by atoms with Crippen molar-refractivity contribution in [1.29, 1.82) is 0 Å². The Morgan fingerprint density at radius 3 is 2.60 bits per heavy atom. The quantitative estimate of drug-likeness (QED) is 0.653. The number of carbonyl (C=O) groups excluding carboxylic acids is 1. The van der Waals surface area contributed by atoms with Crippen LogP contribution >= 0.6 is 39.9 Å². The molecule has 0 bridgehead atoms. The van der Waals surface area contributed by atoms with Gasteiger partial charge in [-0.05, 0) is 30.7 Å². The molecule has 0 aromatic heterocycles. The molecule has 1 saturated heterocycles. The molecule has 1 amide bonds. The van der Waals surface area contributed by atoms with Gasteiger partial charge in [-0.25, -0.2) is 4.79 Å². The van der Waals surface area contributed by atoms with E-state index in [-0.39, 0.29) is 10.2 Å². The Bertz CT molecular complexity index is 613. The van der Waals surface area contributed by atoms with E-state index < -0.39 is 12.0 Å². The van der Waals surface area contributed by atoms with E-state index >= 15 is 0 Å². The molecule has 0 spiro atoms. The summed E-state index contributed by atoms with van der Waals surface area (Å²) >= 11 is 9.54. The number of carboxylic acids is 1. The number of halogens is 1. The highest BCUT2D eigenvalue weighted by atomic mass is 79.9. The van der Waals surface area contributed by atoms with Crippen molar-refractivity contribution < 1.29 is 14.7 Å². The summed E-state index contributed by atoms with van der Waals surface area (Å²) < 4.78 is 1.22.